The topological polar surface area (TPSA) is 64.0 Å². The summed E-state index contributed by atoms with van der Waals surface area (Å²) < 4.78 is 12.8. The lowest BCUT2D eigenvalue weighted by Crippen LogP contribution is -2.47. The summed E-state index contributed by atoms with van der Waals surface area (Å²) in [6, 6.07) is 6.39. The molecule has 1 aliphatic rings. The van der Waals surface area contributed by atoms with Crippen LogP contribution in [0.15, 0.2) is 24.3 Å². The molecule has 0 unspecified atom stereocenters. The molecule has 6 heteroatoms. The Kier molecular flexibility index (Phi) is 10.2. The second-order valence-corrected chi connectivity index (χ2v) is 4.13. The molecular formula is C15H25FN2O3. The number of hydrogen-bond acceptors (Lipinski definition) is 4. The molecule has 0 spiro atoms. The van der Waals surface area contributed by atoms with Crippen LogP contribution in [0, 0.1) is 5.82 Å². The van der Waals surface area contributed by atoms with Crippen molar-refractivity contribution in [2.24, 2.45) is 0 Å². The van der Waals surface area contributed by atoms with Gasteiger partial charge in [-0.15, -0.1) is 0 Å². The molecule has 1 aliphatic heterocycles. The van der Waals surface area contributed by atoms with E-state index in [1.807, 2.05) is 18.7 Å². The third-order valence-electron chi connectivity index (χ3n) is 2.92. The van der Waals surface area contributed by atoms with E-state index in [1.165, 1.54) is 12.1 Å². The molecule has 1 saturated heterocycles. The molecule has 0 aliphatic carbocycles. The van der Waals surface area contributed by atoms with E-state index in [2.05, 4.69) is 4.90 Å². The summed E-state index contributed by atoms with van der Waals surface area (Å²) in [5.74, 6) is -1.03. The molecule has 1 heterocycles. The third kappa shape index (κ3) is 7.06. The third-order valence-corrected chi connectivity index (χ3v) is 2.92. The van der Waals surface area contributed by atoms with Gasteiger partial charge in [0.2, 0.25) is 0 Å². The summed E-state index contributed by atoms with van der Waals surface area (Å²) in [7, 11) is 1.00. The number of nitrogens with zero attached hydrogens (tertiary/aromatic N) is 2. The zero-order chi connectivity index (χ0) is 16.3. The minimum atomic E-state index is -0.791. The number of rotatable bonds is 3. The first kappa shape index (κ1) is 19.3. The fraction of sp³-hybridized carbons (Fsp3) is 0.533. The Bertz CT molecular complexity index is 390. The number of carboxylic acid groups (broad SMARTS) is 1. The number of carbonyl (C=O) groups is 1. The first-order valence-corrected chi connectivity index (χ1v) is 7.04. The number of halogens is 1. The van der Waals surface area contributed by atoms with E-state index < -0.39 is 5.97 Å². The van der Waals surface area contributed by atoms with Gasteiger partial charge in [-0.25, -0.2) is 4.39 Å². The summed E-state index contributed by atoms with van der Waals surface area (Å²) in [6.07, 6.45) is 0. The Morgan fingerprint density at radius 1 is 1.10 bits per heavy atom. The van der Waals surface area contributed by atoms with Crippen molar-refractivity contribution in [3.8, 4) is 0 Å². The predicted octanol–water partition coefficient (Wildman–Crippen LogP) is 1.67. The molecule has 0 saturated carbocycles. The van der Waals surface area contributed by atoms with Crippen molar-refractivity contribution in [3.05, 3.63) is 30.1 Å². The molecular weight excluding hydrogens is 275 g/mol. The van der Waals surface area contributed by atoms with E-state index in [1.54, 1.807) is 12.1 Å². The van der Waals surface area contributed by atoms with Crippen LogP contribution in [-0.4, -0.2) is 60.9 Å². The Hall–Kier alpha value is -1.66. The van der Waals surface area contributed by atoms with Crippen LogP contribution >= 0.6 is 0 Å². The van der Waals surface area contributed by atoms with Gasteiger partial charge in [-0.2, -0.15) is 0 Å². The summed E-state index contributed by atoms with van der Waals surface area (Å²) in [4.78, 5) is 14.6. The van der Waals surface area contributed by atoms with Crippen molar-refractivity contribution >= 4 is 11.7 Å². The average molecular weight is 300 g/mol. The first-order valence-electron chi connectivity index (χ1n) is 7.04. The van der Waals surface area contributed by atoms with E-state index in [-0.39, 0.29) is 12.4 Å². The number of hydrogen-bond donors (Lipinski definition) is 2. The van der Waals surface area contributed by atoms with Gasteiger partial charge in [0.1, 0.15) is 5.82 Å². The van der Waals surface area contributed by atoms with Gasteiger partial charge in [0.15, 0.2) is 0 Å². The summed E-state index contributed by atoms with van der Waals surface area (Å²) >= 11 is 0. The summed E-state index contributed by atoms with van der Waals surface area (Å²) in [6.45, 7) is 7.10. The predicted molar refractivity (Wildman–Crippen MR) is 82.2 cm³/mol. The van der Waals surface area contributed by atoms with Gasteiger partial charge in [0.05, 0.1) is 6.54 Å². The minimum Gasteiger partial charge on any atom is -0.480 e. The number of carboxylic acids is 1. The fourth-order valence-electron chi connectivity index (χ4n) is 2.01. The highest BCUT2D eigenvalue weighted by Gasteiger charge is 2.18. The Balaban J connectivity index is 0.000000921. The summed E-state index contributed by atoms with van der Waals surface area (Å²) in [5, 5.41) is 15.7. The van der Waals surface area contributed by atoms with Crippen LogP contribution in [0.4, 0.5) is 10.1 Å². The molecule has 0 aromatic heterocycles. The molecule has 0 amide bonds. The van der Waals surface area contributed by atoms with E-state index >= 15 is 0 Å². The molecule has 120 valence electrons. The zero-order valence-corrected chi connectivity index (χ0v) is 12.9. The van der Waals surface area contributed by atoms with Crippen molar-refractivity contribution in [1.29, 1.82) is 0 Å². The van der Waals surface area contributed by atoms with Crippen LogP contribution in [0.1, 0.15) is 13.8 Å². The standard InChI is InChI=1S/C12H15FN2O2.C2H6.CH4O/c13-10-1-3-11(4-2-10)15-7-5-14(6-8-15)9-12(16)17;2*1-2/h1-4H,5-9H2,(H,16,17);1-2H3;2H,1H3. The molecule has 0 radical (unpaired) electrons. The van der Waals surface area contributed by atoms with Gasteiger partial charge in [-0.1, -0.05) is 13.8 Å². The van der Waals surface area contributed by atoms with Crippen molar-refractivity contribution in [2.45, 2.75) is 13.8 Å². The number of piperazine rings is 1. The number of aliphatic hydroxyl groups is 1. The average Bonchev–Trinajstić information content (AvgIpc) is 2.52. The van der Waals surface area contributed by atoms with E-state index in [0.717, 1.165) is 39.0 Å². The Morgan fingerprint density at radius 2 is 1.57 bits per heavy atom. The van der Waals surface area contributed by atoms with Crippen LogP contribution in [0.3, 0.4) is 0 Å². The number of anilines is 1. The highest BCUT2D eigenvalue weighted by molar-refractivity contribution is 5.69. The largest absolute Gasteiger partial charge is 0.480 e. The van der Waals surface area contributed by atoms with Gasteiger partial charge in [0, 0.05) is 39.0 Å². The van der Waals surface area contributed by atoms with Crippen LogP contribution in [-0.2, 0) is 4.79 Å². The molecule has 1 aromatic carbocycles. The molecule has 2 rings (SSSR count). The number of aliphatic carboxylic acids is 1. The number of benzene rings is 1. The maximum Gasteiger partial charge on any atom is 0.317 e. The van der Waals surface area contributed by atoms with Crippen LogP contribution in [0.25, 0.3) is 0 Å². The fourth-order valence-corrected chi connectivity index (χ4v) is 2.01. The van der Waals surface area contributed by atoms with E-state index in [9.17, 15) is 9.18 Å². The molecule has 5 nitrogen and oxygen atoms in total. The number of aliphatic hydroxyl groups excluding tert-OH is 1. The van der Waals surface area contributed by atoms with Crippen molar-refractivity contribution in [2.75, 3.05) is 44.7 Å². The van der Waals surface area contributed by atoms with Crippen molar-refractivity contribution in [1.82, 2.24) is 4.90 Å². The van der Waals surface area contributed by atoms with Crippen molar-refractivity contribution in [3.63, 3.8) is 0 Å². The highest BCUT2D eigenvalue weighted by Crippen LogP contribution is 2.16. The maximum atomic E-state index is 12.8. The maximum absolute atomic E-state index is 12.8. The lowest BCUT2D eigenvalue weighted by Gasteiger charge is -2.35. The normalized spacial score (nSPS) is 14.4. The summed E-state index contributed by atoms with van der Waals surface area (Å²) in [5.41, 5.74) is 0.987. The molecule has 1 fully saturated rings. The van der Waals surface area contributed by atoms with Gasteiger partial charge in [-0.05, 0) is 24.3 Å². The Labute approximate surface area is 125 Å². The molecule has 0 bridgehead atoms. The molecule has 21 heavy (non-hydrogen) atoms. The van der Waals surface area contributed by atoms with Gasteiger partial charge >= 0.3 is 5.97 Å². The van der Waals surface area contributed by atoms with Gasteiger partial charge < -0.3 is 15.1 Å². The van der Waals surface area contributed by atoms with Gasteiger partial charge in [-0.3, -0.25) is 9.69 Å². The van der Waals surface area contributed by atoms with E-state index in [0.29, 0.717) is 0 Å². The van der Waals surface area contributed by atoms with Crippen LogP contribution in [0.5, 0.6) is 0 Å². The van der Waals surface area contributed by atoms with Crippen LogP contribution < -0.4 is 4.90 Å². The molecule has 2 N–H and O–H groups in total. The smallest absolute Gasteiger partial charge is 0.317 e. The minimum absolute atomic E-state index is 0.0945. The second kappa shape index (κ2) is 11.0. The quantitative estimate of drug-likeness (QED) is 0.889. The second-order valence-electron chi connectivity index (χ2n) is 4.13. The highest BCUT2D eigenvalue weighted by atomic mass is 19.1. The molecule has 1 aromatic rings. The lowest BCUT2D eigenvalue weighted by atomic mass is 10.2. The lowest BCUT2D eigenvalue weighted by molar-refractivity contribution is -0.138. The monoisotopic (exact) mass is 300 g/mol. The molecule has 0 atom stereocenters. The van der Waals surface area contributed by atoms with Crippen LogP contribution in [0.2, 0.25) is 0 Å². The Morgan fingerprint density at radius 3 is 2.00 bits per heavy atom. The van der Waals surface area contributed by atoms with Gasteiger partial charge in [0.25, 0.3) is 0 Å². The van der Waals surface area contributed by atoms with E-state index in [4.69, 9.17) is 10.2 Å². The SMILES string of the molecule is CC.CO.O=C(O)CN1CCN(c2ccc(F)cc2)CC1. The van der Waals surface area contributed by atoms with Crippen molar-refractivity contribution < 1.29 is 19.4 Å². The first-order chi connectivity index (χ1) is 10.1. The zero-order valence-electron chi connectivity index (χ0n) is 12.9.